The Morgan fingerprint density at radius 1 is 1.00 bits per heavy atom. The molecule has 1 aliphatic heterocycles. The Morgan fingerprint density at radius 3 is 2.56 bits per heavy atom. The fourth-order valence-electron chi connectivity index (χ4n) is 5.20. The van der Waals surface area contributed by atoms with Crippen molar-refractivity contribution in [2.75, 3.05) is 7.11 Å². The summed E-state index contributed by atoms with van der Waals surface area (Å²) < 4.78 is 18.9. The van der Waals surface area contributed by atoms with E-state index in [9.17, 15) is 14.7 Å². The van der Waals surface area contributed by atoms with Gasteiger partial charge in [0.2, 0.25) is 0 Å². The fraction of sp³-hybridized carbons (Fsp3) is 0.156. The first kappa shape index (κ1) is 25.9. The summed E-state index contributed by atoms with van der Waals surface area (Å²) in [6.07, 6.45) is 3.25. The number of pyridine rings is 1. The van der Waals surface area contributed by atoms with E-state index in [0.717, 1.165) is 5.56 Å². The molecule has 2 aromatic carbocycles. The second-order valence-electron chi connectivity index (χ2n) is 9.67. The minimum absolute atomic E-state index is 0.0275. The summed E-state index contributed by atoms with van der Waals surface area (Å²) in [5.74, 6) is -0.434. The van der Waals surface area contributed by atoms with E-state index in [1.165, 1.54) is 18.3 Å². The third kappa shape index (κ3) is 4.71. The van der Waals surface area contributed by atoms with Gasteiger partial charge in [-0.3, -0.25) is 14.0 Å². The van der Waals surface area contributed by atoms with Crippen molar-refractivity contribution in [3.63, 3.8) is 0 Å². The number of ketones is 1. The van der Waals surface area contributed by atoms with Gasteiger partial charge >= 0.3 is 0 Å². The van der Waals surface area contributed by atoms with Crippen LogP contribution in [0.3, 0.4) is 0 Å². The van der Waals surface area contributed by atoms with Crippen LogP contribution in [0.1, 0.15) is 34.3 Å². The maximum Gasteiger partial charge on any atom is 0.296 e. The highest BCUT2D eigenvalue weighted by Gasteiger charge is 2.47. The molecule has 1 N–H and O–H groups in total. The number of furan rings is 1. The van der Waals surface area contributed by atoms with Gasteiger partial charge in [0.25, 0.3) is 11.7 Å². The number of likely N-dealkylation sites (tertiary alicyclic amines) is 1. The number of aryl methyl sites for hydroxylation is 1. The van der Waals surface area contributed by atoms with Gasteiger partial charge in [-0.1, -0.05) is 42.5 Å². The van der Waals surface area contributed by atoms with Gasteiger partial charge in [0.15, 0.2) is 17.3 Å². The van der Waals surface area contributed by atoms with Crippen molar-refractivity contribution >= 4 is 23.1 Å². The Balaban J connectivity index is 1.46. The average molecular weight is 550 g/mol. The third-order valence-electron chi connectivity index (χ3n) is 7.12. The van der Waals surface area contributed by atoms with E-state index in [1.54, 1.807) is 60.0 Å². The van der Waals surface area contributed by atoms with E-state index in [2.05, 4.69) is 4.98 Å². The fourth-order valence-corrected chi connectivity index (χ4v) is 5.20. The number of aliphatic hydroxyl groups excluding tert-OH is 1. The molecule has 0 bridgehead atoms. The normalized spacial score (nSPS) is 16.4. The molecular weight excluding hydrogens is 522 g/mol. The molecule has 0 radical (unpaired) electrons. The second-order valence-corrected chi connectivity index (χ2v) is 9.67. The molecule has 5 aromatic rings. The number of rotatable bonds is 8. The lowest BCUT2D eigenvalue weighted by atomic mass is 9.95. The number of ether oxygens (including phenoxy) is 2. The third-order valence-corrected chi connectivity index (χ3v) is 7.12. The molecule has 9 heteroatoms. The minimum Gasteiger partial charge on any atom is -0.505 e. The van der Waals surface area contributed by atoms with Crippen LogP contribution in [-0.2, 0) is 22.7 Å². The van der Waals surface area contributed by atoms with Gasteiger partial charge < -0.3 is 23.9 Å². The standard InChI is InChI=1S/C32H27N3O6/c1-20-28(34-15-7-6-12-26(34)33-20)30(36)27-29(35(32(38)31(27)37)18-23-11-8-16-40-23)22-13-14-24(25(17-22)39-2)41-19-21-9-4-3-5-10-21/h3-17,29,36H,18-19H2,1-2H3. The van der Waals surface area contributed by atoms with Crippen molar-refractivity contribution in [3.05, 3.63) is 125 Å². The van der Waals surface area contributed by atoms with Crippen LogP contribution in [0, 0.1) is 6.92 Å². The Morgan fingerprint density at radius 2 is 1.80 bits per heavy atom. The number of amides is 1. The maximum atomic E-state index is 13.6. The molecule has 1 saturated heterocycles. The van der Waals surface area contributed by atoms with Crippen LogP contribution >= 0.6 is 0 Å². The highest BCUT2D eigenvalue weighted by atomic mass is 16.5. The average Bonchev–Trinajstić information content (AvgIpc) is 3.69. The van der Waals surface area contributed by atoms with Crippen LogP contribution in [0.2, 0.25) is 0 Å². The molecule has 1 unspecified atom stereocenters. The maximum absolute atomic E-state index is 13.6. The Hall–Kier alpha value is -5.31. The molecule has 9 nitrogen and oxygen atoms in total. The SMILES string of the molecule is COc1cc(C2C(=C(O)c3c(C)nc4ccccn34)C(=O)C(=O)N2Cc2ccco2)ccc1OCc1ccccc1. The van der Waals surface area contributed by atoms with E-state index in [4.69, 9.17) is 13.9 Å². The number of methoxy groups -OCH3 is 1. The summed E-state index contributed by atoms with van der Waals surface area (Å²) in [4.78, 5) is 32.9. The molecule has 0 aliphatic carbocycles. The molecule has 1 atom stereocenters. The summed E-state index contributed by atoms with van der Waals surface area (Å²) in [7, 11) is 1.52. The minimum atomic E-state index is -0.925. The van der Waals surface area contributed by atoms with Crippen LogP contribution in [0.15, 0.2) is 101 Å². The zero-order valence-corrected chi connectivity index (χ0v) is 22.5. The van der Waals surface area contributed by atoms with E-state index in [0.29, 0.717) is 46.5 Å². The van der Waals surface area contributed by atoms with Crippen LogP contribution in [0.4, 0.5) is 0 Å². The van der Waals surface area contributed by atoms with Gasteiger partial charge in [0.1, 0.15) is 23.7 Å². The van der Waals surface area contributed by atoms with Gasteiger partial charge in [0, 0.05) is 6.20 Å². The van der Waals surface area contributed by atoms with E-state index < -0.39 is 17.7 Å². The quantitative estimate of drug-likeness (QED) is 0.156. The molecule has 1 aliphatic rings. The summed E-state index contributed by atoms with van der Waals surface area (Å²) >= 11 is 0. The summed E-state index contributed by atoms with van der Waals surface area (Å²) in [6.45, 7) is 2.11. The number of nitrogens with zero attached hydrogens (tertiary/aromatic N) is 3. The number of carbonyl (C=O) groups is 2. The first-order valence-electron chi connectivity index (χ1n) is 13.1. The Kier molecular flexibility index (Phi) is 6.76. The predicted octanol–water partition coefficient (Wildman–Crippen LogP) is 5.45. The van der Waals surface area contributed by atoms with Gasteiger partial charge in [0.05, 0.1) is 37.2 Å². The Bertz CT molecular complexity index is 1770. The lowest BCUT2D eigenvalue weighted by Gasteiger charge is -2.25. The van der Waals surface area contributed by atoms with Crippen molar-refractivity contribution in [1.82, 2.24) is 14.3 Å². The van der Waals surface area contributed by atoms with Crippen LogP contribution in [0.5, 0.6) is 11.5 Å². The number of aromatic nitrogens is 2. The van der Waals surface area contributed by atoms with Gasteiger partial charge in [-0.25, -0.2) is 4.98 Å². The number of aliphatic hydroxyl groups is 1. The summed E-state index contributed by atoms with van der Waals surface area (Å²) in [5.41, 5.74) is 2.98. The molecule has 1 amide bonds. The monoisotopic (exact) mass is 549 g/mol. The number of carbonyl (C=O) groups excluding carboxylic acids is 2. The number of benzene rings is 2. The largest absolute Gasteiger partial charge is 0.505 e. The molecule has 6 rings (SSSR count). The van der Waals surface area contributed by atoms with Crippen LogP contribution in [-0.4, -0.2) is 38.2 Å². The van der Waals surface area contributed by atoms with Crippen LogP contribution < -0.4 is 9.47 Å². The number of hydrogen-bond donors (Lipinski definition) is 1. The Labute approximate surface area is 235 Å². The van der Waals surface area contributed by atoms with Crippen molar-refractivity contribution in [3.8, 4) is 11.5 Å². The zero-order chi connectivity index (χ0) is 28.5. The number of fused-ring (bicyclic) bond motifs is 1. The van der Waals surface area contributed by atoms with E-state index in [1.807, 2.05) is 36.4 Å². The molecule has 4 heterocycles. The van der Waals surface area contributed by atoms with E-state index >= 15 is 0 Å². The smallest absolute Gasteiger partial charge is 0.296 e. The highest BCUT2D eigenvalue weighted by molar-refractivity contribution is 6.46. The lowest BCUT2D eigenvalue weighted by Crippen LogP contribution is -2.29. The summed E-state index contributed by atoms with van der Waals surface area (Å²) in [5, 5.41) is 11.7. The van der Waals surface area contributed by atoms with E-state index in [-0.39, 0.29) is 17.9 Å². The first-order chi connectivity index (χ1) is 20.0. The number of imidazole rings is 1. The van der Waals surface area contributed by atoms with Gasteiger partial charge in [-0.2, -0.15) is 0 Å². The molecular formula is C32H27N3O6. The van der Waals surface area contributed by atoms with Crippen molar-refractivity contribution in [1.29, 1.82) is 0 Å². The second kappa shape index (κ2) is 10.7. The summed E-state index contributed by atoms with van der Waals surface area (Å²) in [6, 6.07) is 22.9. The zero-order valence-electron chi connectivity index (χ0n) is 22.5. The van der Waals surface area contributed by atoms with Gasteiger partial charge in [-0.15, -0.1) is 0 Å². The van der Waals surface area contributed by atoms with Crippen molar-refractivity contribution in [2.24, 2.45) is 0 Å². The number of Topliss-reactive ketones (excluding diaryl/α,β-unsaturated/α-hetero) is 1. The molecule has 206 valence electrons. The first-order valence-corrected chi connectivity index (χ1v) is 13.1. The van der Waals surface area contributed by atoms with Crippen LogP contribution in [0.25, 0.3) is 11.4 Å². The number of hydrogen-bond acceptors (Lipinski definition) is 7. The van der Waals surface area contributed by atoms with Crippen molar-refractivity contribution < 1.29 is 28.6 Å². The predicted molar refractivity (Wildman–Crippen MR) is 150 cm³/mol. The molecule has 41 heavy (non-hydrogen) atoms. The molecule has 1 fully saturated rings. The molecule has 0 saturated carbocycles. The lowest BCUT2D eigenvalue weighted by molar-refractivity contribution is -0.140. The van der Waals surface area contributed by atoms with Gasteiger partial charge in [-0.05, 0) is 54.4 Å². The topological polar surface area (TPSA) is 107 Å². The molecule has 0 spiro atoms. The van der Waals surface area contributed by atoms with Crippen molar-refractivity contribution in [2.45, 2.75) is 26.1 Å². The highest BCUT2D eigenvalue weighted by Crippen LogP contribution is 2.43. The molecule has 3 aromatic heterocycles.